The molecule has 0 aliphatic carbocycles. The van der Waals surface area contributed by atoms with Gasteiger partial charge in [-0.2, -0.15) is 0 Å². The van der Waals surface area contributed by atoms with Gasteiger partial charge in [-0.1, -0.05) is 11.6 Å². The van der Waals surface area contributed by atoms with E-state index in [1.54, 1.807) is 6.07 Å². The van der Waals surface area contributed by atoms with Crippen LogP contribution in [0.5, 0.6) is 0 Å². The maximum atomic E-state index is 11.3. The Labute approximate surface area is 117 Å². The van der Waals surface area contributed by atoms with Crippen molar-refractivity contribution in [3.8, 4) is 0 Å². The molecule has 0 bridgehead atoms. The van der Waals surface area contributed by atoms with Crippen LogP contribution in [0, 0.1) is 0 Å². The summed E-state index contributed by atoms with van der Waals surface area (Å²) < 4.78 is 5.29. The Morgan fingerprint density at radius 3 is 3.11 bits per heavy atom. The zero-order valence-corrected chi connectivity index (χ0v) is 11.6. The van der Waals surface area contributed by atoms with E-state index in [0.717, 1.165) is 5.82 Å². The molecule has 1 aromatic rings. The fourth-order valence-corrected chi connectivity index (χ4v) is 2.06. The van der Waals surface area contributed by atoms with E-state index in [-0.39, 0.29) is 5.91 Å². The average molecular weight is 285 g/mol. The molecule has 104 valence electrons. The Balaban J connectivity index is 2.13. The van der Waals surface area contributed by atoms with Crippen molar-refractivity contribution in [3.63, 3.8) is 0 Å². The lowest BCUT2D eigenvalue weighted by atomic mass is 10.3. The number of carbonyl (C=O) groups is 1. The van der Waals surface area contributed by atoms with Crippen LogP contribution in [-0.4, -0.2) is 42.1 Å². The van der Waals surface area contributed by atoms with Crippen molar-refractivity contribution in [2.24, 2.45) is 0 Å². The molecule has 1 fully saturated rings. The predicted molar refractivity (Wildman–Crippen MR) is 72.2 cm³/mol. The monoisotopic (exact) mass is 284 g/mol. The molecule has 6 nitrogen and oxygen atoms in total. The van der Waals surface area contributed by atoms with Gasteiger partial charge in [0.25, 0.3) is 0 Å². The second kappa shape index (κ2) is 6.68. The molecule has 0 radical (unpaired) electrons. The van der Waals surface area contributed by atoms with E-state index in [1.165, 1.54) is 0 Å². The van der Waals surface area contributed by atoms with E-state index in [0.29, 0.717) is 50.2 Å². The smallest absolute Gasteiger partial charge is 0.221 e. The number of nitrogens with one attached hydrogen (secondary N) is 1. The predicted octanol–water partition coefficient (Wildman–Crippen LogP) is 0.993. The minimum atomic E-state index is 0.0668. The Kier molecular flexibility index (Phi) is 4.93. The zero-order chi connectivity index (χ0) is 13.7. The summed E-state index contributed by atoms with van der Waals surface area (Å²) in [5, 5.41) is 3.22. The van der Waals surface area contributed by atoms with Crippen LogP contribution in [0.25, 0.3) is 0 Å². The van der Waals surface area contributed by atoms with Gasteiger partial charge in [0, 0.05) is 38.7 Å². The van der Waals surface area contributed by atoms with Gasteiger partial charge in [-0.05, 0) is 6.92 Å². The average Bonchev–Trinajstić information content (AvgIpc) is 2.60. The van der Waals surface area contributed by atoms with Crippen LogP contribution < -0.4 is 10.2 Å². The van der Waals surface area contributed by atoms with Gasteiger partial charge in [0.1, 0.15) is 17.6 Å². The number of nitrogens with zero attached hydrogens (tertiary/aromatic N) is 3. The van der Waals surface area contributed by atoms with Crippen molar-refractivity contribution >= 4 is 23.3 Å². The second-order valence-electron chi connectivity index (χ2n) is 4.19. The molecule has 2 rings (SSSR count). The standard InChI is InChI=1S/C12H17ClN4O2/c1-2-19-8-10-15-9(13)7-11(16-10)17-5-3-12(18)14-4-6-17/h7H,2-6,8H2,1H3,(H,14,18). The maximum Gasteiger partial charge on any atom is 0.221 e. The highest BCUT2D eigenvalue weighted by molar-refractivity contribution is 6.29. The summed E-state index contributed by atoms with van der Waals surface area (Å²) in [6.07, 6.45) is 0.461. The van der Waals surface area contributed by atoms with Crippen LogP contribution in [0.15, 0.2) is 6.07 Å². The second-order valence-corrected chi connectivity index (χ2v) is 4.58. The number of hydrogen-bond acceptors (Lipinski definition) is 5. The molecule has 19 heavy (non-hydrogen) atoms. The largest absolute Gasteiger partial charge is 0.374 e. The third-order valence-electron chi connectivity index (χ3n) is 2.80. The summed E-state index contributed by atoms with van der Waals surface area (Å²) in [4.78, 5) is 21.9. The van der Waals surface area contributed by atoms with E-state index in [9.17, 15) is 4.79 Å². The summed E-state index contributed by atoms with van der Waals surface area (Å²) in [5.74, 6) is 1.37. The summed E-state index contributed by atoms with van der Waals surface area (Å²) in [5.41, 5.74) is 0. The van der Waals surface area contributed by atoms with Crippen LogP contribution in [0.2, 0.25) is 5.15 Å². The number of carbonyl (C=O) groups excluding carboxylic acids is 1. The van der Waals surface area contributed by atoms with Crippen molar-refractivity contribution in [2.75, 3.05) is 31.1 Å². The highest BCUT2D eigenvalue weighted by Crippen LogP contribution is 2.17. The van der Waals surface area contributed by atoms with Crippen LogP contribution in [0.1, 0.15) is 19.2 Å². The Bertz CT molecular complexity index is 455. The molecule has 0 aromatic carbocycles. The van der Waals surface area contributed by atoms with Gasteiger partial charge in [0.15, 0.2) is 5.82 Å². The number of amides is 1. The number of hydrogen-bond donors (Lipinski definition) is 1. The molecular weight excluding hydrogens is 268 g/mol. The lowest BCUT2D eigenvalue weighted by Gasteiger charge is -2.21. The lowest BCUT2D eigenvalue weighted by Crippen LogP contribution is -2.29. The summed E-state index contributed by atoms with van der Waals surface area (Å²) >= 11 is 6.00. The minimum absolute atomic E-state index is 0.0668. The molecule has 1 aliphatic heterocycles. The van der Waals surface area contributed by atoms with E-state index in [4.69, 9.17) is 16.3 Å². The maximum absolute atomic E-state index is 11.3. The fourth-order valence-electron chi connectivity index (χ4n) is 1.87. The molecule has 7 heteroatoms. The molecule has 0 saturated carbocycles. The summed E-state index contributed by atoms with van der Waals surface area (Å²) in [6.45, 7) is 4.82. The summed E-state index contributed by atoms with van der Waals surface area (Å²) in [7, 11) is 0. The van der Waals surface area contributed by atoms with Gasteiger partial charge in [-0.15, -0.1) is 0 Å². The van der Waals surface area contributed by atoms with Gasteiger partial charge in [-0.3, -0.25) is 4.79 Å². The highest BCUT2D eigenvalue weighted by atomic mass is 35.5. The quantitative estimate of drug-likeness (QED) is 0.835. The van der Waals surface area contributed by atoms with Crippen LogP contribution in [0.3, 0.4) is 0 Å². The van der Waals surface area contributed by atoms with Crippen molar-refractivity contribution in [2.45, 2.75) is 20.0 Å². The topological polar surface area (TPSA) is 67.3 Å². The number of rotatable bonds is 4. The first-order valence-corrected chi connectivity index (χ1v) is 6.69. The van der Waals surface area contributed by atoms with Crippen LogP contribution in [-0.2, 0) is 16.1 Å². The van der Waals surface area contributed by atoms with Crippen molar-refractivity contribution in [1.82, 2.24) is 15.3 Å². The molecule has 1 aliphatic rings. The zero-order valence-electron chi connectivity index (χ0n) is 10.9. The highest BCUT2D eigenvalue weighted by Gasteiger charge is 2.16. The normalized spacial score (nSPS) is 16.1. The molecular formula is C12H17ClN4O2. The lowest BCUT2D eigenvalue weighted by molar-refractivity contribution is -0.120. The van der Waals surface area contributed by atoms with Gasteiger partial charge in [-0.25, -0.2) is 9.97 Å². The number of halogens is 1. The number of anilines is 1. The third-order valence-corrected chi connectivity index (χ3v) is 2.99. The fraction of sp³-hybridized carbons (Fsp3) is 0.583. The van der Waals surface area contributed by atoms with Crippen LogP contribution in [0.4, 0.5) is 5.82 Å². The first-order valence-electron chi connectivity index (χ1n) is 6.32. The number of ether oxygens (including phenoxy) is 1. The van der Waals surface area contributed by atoms with Crippen molar-refractivity contribution in [3.05, 3.63) is 17.0 Å². The van der Waals surface area contributed by atoms with E-state index in [2.05, 4.69) is 15.3 Å². The molecule has 0 spiro atoms. The Morgan fingerprint density at radius 1 is 1.47 bits per heavy atom. The molecule has 0 unspecified atom stereocenters. The summed E-state index contributed by atoms with van der Waals surface area (Å²) in [6, 6.07) is 1.72. The van der Waals surface area contributed by atoms with E-state index >= 15 is 0 Å². The molecule has 1 aromatic heterocycles. The van der Waals surface area contributed by atoms with Gasteiger partial charge in [0.2, 0.25) is 5.91 Å². The molecule has 2 heterocycles. The van der Waals surface area contributed by atoms with Gasteiger partial charge in [0.05, 0.1) is 0 Å². The third kappa shape index (κ3) is 4.04. The SMILES string of the molecule is CCOCc1nc(Cl)cc(N2CCNC(=O)CC2)n1. The van der Waals surface area contributed by atoms with Crippen molar-refractivity contribution in [1.29, 1.82) is 0 Å². The molecule has 1 amide bonds. The van der Waals surface area contributed by atoms with E-state index in [1.807, 2.05) is 11.8 Å². The van der Waals surface area contributed by atoms with Crippen molar-refractivity contribution < 1.29 is 9.53 Å². The first kappa shape index (κ1) is 14.0. The molecule has 1 N–H and O–H groups in total. The molecule has 1 saturated heterocycles. The minimum Gasteiger partial charge on any atom is -0.374 e. The number of aromatic nitrogens is 2. The van der Waals surface area contributed by atoms with Crippen LogP contribution >= 0.6 is 11.6 Å². The molecule has 0 atom stereocenters. The van der Waals surface area contributed by atoms with Gasteiger partial charge >= 0.3 is 0 Å². The first-order chi connectivity index (χ1) is 9.19. The Hall–Kier alpha value is -1.40. The van der Waals surface area contributed by atoms with Gasteiger partial charge < -0.3 is 15.0 Å². The Morgan fingerprint density at radius 2 is 2.32 bits per heavy atom. The van der Waals surface area contributed by atoms with E-state index < -0.39 is 0 Å².